The molecule has 2 nitrogen and oxygen atoms in total. The van der Waals surface area contributed by atoms with Crippen LogP contribution >= 0.6 is 15.9 Å². The molecule has 1 rings (SSSR count). The quantitative estimate of drug-likeness (QED) is 0.843. The van der Waals surface area contributed by atoms with Gasteiger partial charge in [-0.1, -0.05) is 13.0 Å². The van der Waals surface area contributed by atoms with Crippen LogP contribution in [0.15, 0.2) is 10.5 Å². The fourth-order valence-corrected chi connectivity index (χ4v) is 1.67. The van der Waals surface area contributed by atoms with Gasteiger partial charge in [-0.25, -0.2) is 0 Å². The number of ether oxygens (including phenoxy) is 1. The number of halogens is 1. The molecule has 0 aromatic heterocycles. The molecule has 14 heavy (non-hydrogen) atoms. The fourth-order valence-electron chi connectivity index (χ4n) is 1.37. The molecule has 0 spiro atoms. The van der Waals surface area contributed by atoms with Crippen LogP contribution in [-0.4, -0.2) is 6.61 Å². The number of hydrogen-bond donors (Lipinski definition) is 1. The lowest BCUT2D eigenvalue weighted by atomic mass is 10.1. The highest BCUT2D eigenvalue weighted by Gasteiger charge is 2.10. The zero-order chi connectivity index (χ0) is 10.7. The van der Waals surface area contributed by atoms with Gasteiger partial charge in [-0.05, 0) is 47.3 Å². The molecule has 0 radical (unpaired) electrons. The number of rotatable bonds is 3. The Morgan fingerprint density at radius 3 is 2.57 bits per heavy atom. The van der Waals surface area contributed by atoms with E-state index in [2.05, 4.69) is 28.9 Å². The first-order chi connectivity index (χ1) is 6.57. The smallest absolute Gasteiger partial charge is 0.146 e. The number of hydrogen-bond acceptors (Lipinski definition) is 2. The molecular formula is C11H16BrNO. The molecule has 0 bridgehead atoms. The maximum Gasteiger partial charge on any atom is 0.146 e. The van der Waals surface area contributed by atoms with E-state index in [1.165, 1.54) is 0 Å². The van der Waals surface area contributed by atoms with Gasteiger partial charge in [0.15, 0.2) is 0 Å². The first kappa shape index (κ1) is 11.4. The van der Waals surface area contributed by atoms with Crippen LogP contribution in [-0.2, 0) is 0 Å². The Morgan fingerprint density at radius 2 is 2.00 bits per heavy atom. The number of nitrogens with two attached hydrogens (primary N) is 1. The zero-order valence-corrected chi connectivity index (χ0v) is 10.4. The summed E-state index contributed by atoms with van der Waals surface area (Å²) in [5.41, 5.74) is 8.89. The lowest BCUT2D eigenvalue weighted by Crippen LogP contribution is -2.02. The van der Waals surface area contributed by atoms with Crippen molar-refractivity contribution in [2.75, 3.05) is 12.3 Å². The molecule has 1 aromatic rings. The van der Waals surface area contributed by atoms with Gasteiger partial charge in [0.2, 0.25) is 0 Å². The summed E-state index contributed by atoms with van der Waals surface area (Å²) in [6.45, 7) is 6.83. The van der Waals surface area contributed by atoms with Crippen molar-refractivity contribution < 1.29 is 4.74 Å². The Balaban J connectivity index is 3.09. The van der Waals surface area contributed by atoms with E-state index in [4.69, 9.17) is 10.5 Å². The fraction of sp³-hybridized carbons (Fsp3) is 0.455. The highest BCUT2D eigenvalue weighted by molar-refractivity contribution is 9.10. The minimum Gasteiger partial charge on any atom is -0.491 e. The number of nitrogen functional groups attached to an aromatic ring is 1. The van der Waals surface area contributed by atoms with Gasteiger partial charge in [0, 0.05) is 4.47 Å². The van der Waals surface area contributed by atoms with Crippen LogP contribution in [0.2, 0.25) is 0 Å². The van der Waals surface area contributed by atoms with Gasteiger partial charge < -0.3 is 10.5 Å². The summed E-state index contributed by atoms with van der Waals surface area (Å²) >= 11 is 3.45. The molecule has 0 heterocycles. The largest absolute Gasteiger partial charge is 0.491 e. The number of anilines is 1. The average molecular weight is 258 g/mol. The third kappa shape index (κ3) is 2.21. The molecule has 1 aromatic carbocycles. The Bertz CT molecular complexity index is 337. The molecule has 0 fully saturated rings. The minimum atomic E-state index is 0.705. The van der Waals surface area contributed by atoms with Gasteiger partial charge >= 0.3 is 0 Å². The summed E-state index contributed by atoms with van der Waals surface area (Å²) in [6, 6.07) is 2.07. The standard InChI is InChI=1S/C11H16BrNO/c1-4-5-14-11-8(3)6-7(2)9(12)10(11)13/h6H,4-5,13H2,1-3H3. The lowest BCUT2D eigenvalue weighted by Gasteiger charge is -2.14. The predicted molar refractivity (Wildman–Crippen MR) is 63.8 cm³/mol. The highest BCUT2D eigenvalue weighted by atomic mass is 79.9. The Hall–Kier alpha value is -0.700. The van der Waals surface area contributed by atoms with Crippen LogP contribution in [0.4, 0.5) is 5.69 Å². The van der Waals surface area contributed by atoms with Gasteiger partial charge in [-0.3, -0.25) is 0 Å². The van der Waals surface area contributed by atoms with Crippen molar-refractivity contribution in [1.29, 1.82) is 0 Å². The second kappa shape index (κ2) is 4.69. The van der Waals surface area contributed by atoms with Crippen LogP contribution in [0.5, 0.6) is 5.75 Å². The van der Waals surface area contributed by atoms with Crippen molar-refractivity contribution in [1.82, 2.24) is 0 Å². The van der Waals surface area contributed by atoms with Crippen molar-refractivity contribution in [2.24, 2.45) is 0 Å². The van der Waals surface area contributed by atoms with E-state index in [1.807, 2.05) is 13.8 Å². The monoisotopic (exact) mass is 257 g/mol. The lowest BCUT2D eigenvalue weighted by molar-refractivity contribution is 0.317. The van der Waals surface area contributed by atoms with E-state index >= 15 is 0 Å². The molecular weight excluding hydrogens is 242 g/mol. The second-order valence-corrected chi connectivity index (χ2v) is 4.21. The van der Waals surface area contributed by atoms with Crippen molar-refractivity contribution in [3.8, 4) is 5.75 Å². The summed E-state index contributed by atoms with van der Waals surface area (Å²) in [7, 11) is 0. The van der Waals surface area contributed by atoms with Crippen molar-refractivity contribution in [3.05, 3.63) is 21.7 Å². The molecule has 3 heteroatoms. The van der Waals surface area contributed by atoms with E-state index in [0.29, 0.717) is 12.3 Å². The minimum absolute atomic E-state index is 0.705. The maximum absolute atomic E-state index is 5.95. The number of aryl methyl sites for hydroxylation is 2. The van der Waals surface area contributed by atoms with E-state index < -0.39 is 0 Å². The van der Waals surface area contributed by atoms with Gasteiger partial charge in [0.1, 0.15) is 5.75 Å². The highest BCUT2D eigenvalue weighted by Crippen LogP contribution is 2.35. The summed E-state index contributed by atoms with van der Waals surface area (Å²) in [4.78, 5) is 0. The first-order valence-corrected chi connectivity index (χ1v) is 5.55. The second-order valence-electron chi connectivity index (χ2n) is 3.42. The molecule has 0 atom stereocenters. The van der Waals surface area contributed by atoms with Crippen molar-refractivity contribution >= 4 is 21.6 Å². The van der Waals surface area contributed by atoms with Crippen molar-refractivity contribution in [3.63, 3.8) is 0 Å². The van der Waals surface area contributed by atoms with Gasteiger partial charge in [0.05, 0.1) is 12.3 Å². The summed E-state index contributed by atoms with van der Waals surface area (Å²) in [5, 5.41) is 0. The van der Waals surface area contributed by atoms with Gasteiger partial charge in [-0.15, -0.1) is 0 Å². The average Bonchev–Trinajstić information content (AvgIpc) is 2.14. The molecule has 0 aliphatic carbocycles. The molecule has 0 unspecified atom stereocenters. The third-order valence-corrected chi connectivity index (χ3v) is 3.12. The van der Waals surface area contributed by atoms with E-state index in [0.717, 1.165) is 27.8 Å². The van der Waals surface area contributed by atoms with Crippen LogP contribution in [0, 0.1) is 13.8 Å². The molecule has 0 aliphatic heterocycles. The Morgan fingerprint density at radius 1 is 1.36 bits per heavy atom. The van der Waals surface area contributed by atoms with Gasteiger partial charge in [0.25, 0.3) is 0 Å². The van der Waals surface area contributed by atoms with Crippen LogP contribution in [0.25, 0.3) is 0 Å². The van der Waals surface area contributed by atoms with Crippen LogP contribution in [0.3, 0.4) is 0 Å². The molecule has 0 saturated carbocycles. The molecule has 0 aliphatic rings. The molecule has 0 saturated heterocycles. The normalized spacial score (nSPS) is 10.3. The SMILES string of the molecule is CCCOc1c(C)cc(C)c(Br)c1N. The maximum atomic E-state index is 5.95. The van der Waals surface area contributed by atoms with E-state index in [9.17, 15) is 0 Å². The third-order valence-electron chi connectivity index (χ3n) is 2.07. The number of benzene rings is 1. The predicted octanol–water partition coefficient (Wildman–Crippen LogP) is 3.44. The molecule has 0 amide bonds. The summed E-state index contributed by atoms with van der Waals surface area (Å²) in [6.07, 6.45) is 0.990. The topological polar surface area (TPSA) is 35.2 Å². The van der Waals surface area contributed by atoms with Gasteiger partial charge in [-0.2, -0.15) is 0 Å². The summed E-state index contributed by atoms with van der Waals surface area (Å²) < 4.78 is 6.54. The Labute approximate surface area is 93.6 Å². The van der Waals surface area contributed by atoms with E-state index in [-0.39, 0.29) is 0 Å². The molecule has 78 valence electrons. The van der Waals surface area contributed by atoms with Crippen LogP contribution in [0.1, 0.15) is 24.5 Å². The Kier molecular flexibility index (Phi) is 3.81. The molecule has 2 N–H and O–H groups in total. The zero-order valence-electron chi connectivity index (χ0n) is 8.86. The van der Waals surface area contributed by atoms with E-state index in [1.54, 1.807) is 0 Å². The van der Waals surface area contributed by atoms with Crippen LogP contribution < -0.4 is 10.5 Å². The first-order valence-electron chi connectivity index (χ1n) is 4.75. The summed E-state index contributed by atoms with van der Waals surface area (Å²) in [5.74, 6) is 0.810. The van der Waals surface area contributed by atoms with Crippen molar-refractivity contribution in [2.45, 2.75) is 27.2 Å².